The molecular weight excluding hydrogens is 242 g/mol. The maximum absolute atomic E-state index is 12.8. The zero-order chi connectivity index (χ0) is 14.1. The van der Waals surface area contributed by atoms with Gasteiger partial charge in [0.1, 0.15) is 5.75 Å². The second-order valence-corrected chi connectivity index (χ2v) is 4.99. The van der Waals surface area contributed by atoms with Crippen LogP contribution in [-0.2, 0) is 10.2 Å². The van der Waals surface area contributed by atoms with Gasteiger partial charge in [0.2, 0.25) is 0 Å². The molecule has 18 heavy (non-hydrogen) atoms. The van der Waals surface area contributed by atoms with Crippen molar-refractivity contribution in [3.05, 3.63) is 28.8 Å². The fourth-order valence-electron chi connectivity index (χ4n) is 1.84. The van der Waals surface area contributed by atoms with Crippen LogP contribution in [0.2, 0.25) is 0 Å². The Labute approximate surface area is 104 Å². The largest absolute Gasteiger partial charge is 0.507 e. The third-order valence-corrected chi connectivity index (χ3v) is 2.94. The quantitative estimate of drug-likeness (QED) is 0.870. The molecule has 0 atom stereocenters. The lowest BCUT2D eigenvalue weighted by molar-refractivity contribution is -0.138. The molecular formula is C13H16F2O3. The van der Waals surface area contributed by atoms with Gasteiger partial charge >= 0.3 is 5.97 Å². The van der Waals surface area contributed by atoms with E-state index in [1.54, 1.807) is 19.9 Å². The highest BCUT2D eigenvalue weighted by Gasteiger charge is 2.27. The molecule has 0 aliphatic rings. The van der Waals surface area contributed by atoms with Crippen LogP contribution in [0.5, 0.6) is 5.75 Å². The Morgan fingerprint density at radius 2 is 1.94 bits per heavy atom. The molecule has 0 heterocycles. The Balaban J connectivity index is 3.30. The SMILES string of the molecule is Cc1cc(C(C)(C)CC(=O)O)cc(C(F)F)c1O. The molecule has 0 saturated heterocycles. The van der Waals surface area contributed by atoms with Crippen molar-refractivity contribution >= 4 is 5.97 Å². The van der Waals surface area contributed by atoms with E-state index in [-0.39, 0.29) is 6.42 Å². The number of carboxylic acids is 1. The first kappa shape index (κ1) is 14.4. The molecule has 1 rings (SSSR count). The van der Waals surface area contributed by atoms with Gasteiger partial charge in [-0.25, -0.2) is 8.78 Å². The minimum atomic E-state index is -2.79. The van der Waals surface area contributed by atoms with Crippen molar-refractivity contribution < 1.29 is 23.8 Å². The third kappa shape index (κ3) is 2.97. The maximum Gasteiger partial charge on any atom is 0.304 e. The Morgan fingerprint density at radius 1 is 1.39 bits per heavy atom. The summed E-state index contributed by atoms with van der Waals surface area (Å²) in [5.41, 5.74) is -0.422. The minimum absolute atomic E-state index is 0.167. The van der Waals surface area contributed by atoms with Crippen LogP contribution >= 0.6 is 0 Å². The number of aromatic hydroxyl groups is 1. The number of aliphatic carboxylic acids is 1. The summed E-state index contributed by atoms with van der Waals surface area (Å²) in [5.74, 6) is -1.43. The molecule has 0 aliphatic heterocycles. The van der Waals surface area contributed by atoms with Gasteiger partial charge < -0.3 is 10.2 Å². The number of carboxylic acid groups (broad SMARTS) is 1. The predicted molar refractivity (Wildman–Crippen MR) is 63.1 cm³/mol. The molecule has 0 aliphatic carbocycles. The molecule has 0 bridgehead atoms. The molecule has 0 spiro atoms. The molecule has 3 nitrogen and oxygen atoms in total. The zero-order valence-electron chi connectivity index (χ0n) is 10.5. The number of rotatable bonds is 4. The number of hydrogen-bond acceptors (Lipinski definition) is 2. The van der Waals surface area contributed by atoms with Crippen molar-refractivity contribution in [1.29, 1.82) is 0 Å². The number of phenolic OH excluding ortho intramolecular Hbond substituents is 1. The van der Waals surface area contributed by atoms with Gasteiger partial charge in [-0.05, 0) is 24.1 Å². The Morgan fingerprint density at radius 3 is 2.39 bits per heavy atom. The Bertz CT molecular complexity index is 468. The van der Waals surface area contributed by atoms with E-state index in [1.165, 1.54) is 13.0 Å². The van der Waals surface area contributed by atoms with E-state index < -0.39 is 29.1 Å². The van der Waals surface area contributed by atoms with Gasteiger partial charge in [-0.3, -0.25) is 4.79 Å². The van der Waals surface area contributed by atoms with Gasteiger partial charge in [0, 0.05) is 5.41 Å². The number of alkyl halides is 2. The number of hydrogen-bond donors (Lipinski definition) is 2. The summed E-state index contributed by atoms with van der Waals surface area (Å²) < 4.78 is 25.5. The first-order valence-corrected chi connectivity index (χ1v) is 5.49. The first-order chi connectivity index (χ1) is 8.15. The van der Waals surface area contributed by atoms with Gasteiger partial charge in [-0.15, -0.1) is 0 Å². The van der Waals surface area contributed by atoms with Gasteiger partial charge in [0.15, 0.2) is 0 Å². The van der Waals surface area contributed by atoms with Crippen LogP contribution in [-0.4, -0.2) is 16.2 Å². The molecule has 0 unspecified atom stereocenters. The second kappa shape index (κ2) is 4.92. The summed E-state index contributed by atoms with van der Waals surface area (Å²) in [6.45, 7) is 4.85. The normalized spacial score (nSPS) is 11.9. The lowest BCUT2D eigenvalue weighted by Crippen LogP contribution is -2.22. The van der Waals surface area contributed by atoms with E-state index in [0.29, 0.717) is 11.1 Å². The van der Waals surface area contributed by atoms with Crippen molar-refractivity contribution in [1.82, 2.24) is 0 Å². The molecule has 100 valence electrons. The first-order valence-electron chi connectivity index (χ1n) is 5.49. The summed E-state index contributed by atoms with van der Waals surface area (Å²) in [7, 11) is 0. The highest BCUT2D eigenvalue weighted by Crippen LogP contribution is 2.37. The van der Waals surface area contributed by atoms with E-state index in [9.17, 15) is 18.7 Å². The zero-order valence-corrected chi connectivity index (χ0v) is 10.5. The van der Waals surface area contributed by atoms with Gasteiger partial charge in [-0.2, -0.15) is 0 Å². The van der Waals surface area contributed by atoms with Crippen LogP contribution in [0.4, 0.5) is 8.78 Å². The molecule has 0 aromatic heterocycles. The minimum Gasteiger partial charge on any atom is -0.507 e. The van der Waals surface area contributed by atoms with Crippen LogP contribution in [0, 0.1) is 6.92 Å². The highest BCUT2D eigenvalue weighted by molar-refractivity contribution is 5.69. The molecule has 0 radical (unpaired) electrons. The Hall–Kier alpha value is -1.65. The number of phenols is 1. The molecule has 0 saturated carbocycles. The molecule has 0 amide bonds. The average Bonchev–Trinajstić information content (AvgIpc) is 2.19. The van der Waals surface area contributed by atoms with Crippen molar-refractivity contribution in [2.75, 3.05) is 0 Å². The molecule has 5 heteroatoms. The fraction of sp³-hybridized carbons (Fsp3) is 0.462. The van der Waals surface area contributed by atoms with E-state index >= 15 is 0 Å². The van der Waals surface area contributed by atoms with E-state index in [1.807, 2.05) is 0 Å². The summed E-state index contributed by atoms with van der Waals surface area (Å²) in [5, 5.41) is 18.4. The van der Waals surface area contributed by atoms with Crippen LogP contribution < -0.4 is 0 Å². The van der Waals surface area contributed by atoms with Crippen molar-refractivity contribution in [3.8, 4) is 5.75 Å². The lowest BCUT2D eigenvalue weighted by Gasteiger charge is -2.25. The molecule has 0 fully saturated rings. The van der Waals surface area contributed by atoms with Crippen LogP contribution in [0.3, 0.4) is 0 Å². The topological polar surface area (TPSA) is 57.5 Å². The number of halogens is 2. The fourth-order valence-corrected chi connectivity index (χ4v) is 1.84. The summed E-state index contributed by atoms with van der Waals surface area (Å²) in [4.78, 5) is 10.8. The van der Waals surface area contributed by atoms with Gasteiger partial charge in [0.05, 0.1) is 12.0 Å². The van der Waals surface area contributed by atoms with E-state index in [0.717, 1.165) is 0 Å². The lowest BCUT2D eigenvalue weighted by atomic mass is 9.80. The van der Waals surface area contributed by atoms with Crippen LogP contribution in [0.1, 0.15) is 43.4 Å². The molecule has 2 N–H and O–H groups in total. The second-order valence-electron chi connectivity index (χ2n) is 4.99. The highest BCUT2D eigenvalue weighted by atomic mass is 19.3. The average molecular weight is 258 g/mol. The van der Waals surface area contributed by atoms with Crippen molar-refractivity contribution in [2.24, 2.45) is 0 Å². The summed E-state index contributed by atoms with van der Waals surface area (Å²) >= 11 is 0. The summed E-state index contributed by atoms with van der Waals surface area (Å²) in [6, 6.07) is 2.72. The maximum atomic E-state index is 12.8. The third-order valence-electron chi connectivity index (χ3n) is 2.94. The number of benzene rings is 1. The van der Waals surface area contributed by atoms with Crippen LogP contribution in [0.15, 0.2) is 12.1 Å². The van der Waals surface area contributed by atoms with Gasteiger partial charge in [0.25, 0.3) is 6.43 Å². The number of carbonyl (C=O) groups is 1. The van der Waals surface area contributed by atoms with Gasteiger partial charge in [-0.1, -0.05) is 19.9 Å². The summed E-state index contributed by atoms with van der Waals surface area (Å²) in [6.07, 6.45) is -2.95. The van der Waals surface area contributed by atoms with Crippen molar-refractivity contribution in [2.45, 2.75) is 39.0 Å². The molecule has 1 aromatic rings. The van der Waals surface area contributed by atoms with Crippen molar-refractivity contribution in [3.63, 3.8) is 0 Å². The van der Waals surface area contributed by atoms with Crippen LogP contribution in [0.25, 0.3) is 0 Å². The monoisotopic (exact) mass is 258 g/mol. The smallest absolute Gasteiger partial charge is 0.304 e. The predicted octanol–water partition coefficient (Wildman–Crippen LogP) is 3.39. The van der Waals surface area contributed by atoms with E-state index in [4.69, 9.17) is 5.11 Å². The van der Waals surface area contributed by atoms with E-state index in [2.05, 4.69) is 0 Å². The Kier molecular flexibility index (Phi) is 3.94. The number of aryl methyl sites for hydroxylation is 1. The molecule has 1 aromatic carbocycles. The standard InChI is InChI=1S/C13H16F2O3/c1-7-4-8(13(2,3)6-10(16)17)5-9(11(7)18)12(14)15/h4-5,12,18H,6H2,1-3H3,(H,16,17).